The minimum atomic E-state index is -0.321. The molecule has 2 heterocycles. The van der Waals surface area contributed by atoms with E-state index in [-0.39, 0.29) is 11.7 Å². The summed E-state index contributed by atoms with van der Waals surface area (Å²) < 4.78 is 9.80. The van der Waals surface area contributed by atoms with Gasteiger partial charge in [0.25, 0.3) is 0 Å². The van der Waals surface area contributed by atoms with E-state index in [9.17, 15) is 4.79 Å². The lowest BCUT2D eigenvalue weighted by Gasteiger charge is -2.34. The second-order valence-electron chi connectivity index (χ2n) is 2.42. The van der Waals surface area contributed by atoms with E-state index in [4.69, 9.17) is 9.47 Å². The van der Waals surface area contributed by atoms with Gasteiger partial charge in [-0.05, 0) is 0 Å². The third-order valence-electron chi connectivity index (χ3n) is 1.59. The lowest BCUT2D eigenvalue weighted by molar-refractivity contribution is -0.155. The number of carbonyl (C=O) groups excluding carboxylic acids is 1. The Morgan fingerprint density at radius 2 is 2.33 bits per heavy atom. The lowest BCUT2D eigenvalue weighted by Crippen LogP contribution is -2.52. The summed E-state index contributed by atoms with van der Waals surface area (Å²) in [5.74, 6) is 0. The molecule has 4 heteroatoms. The van der Waals surface area contributed by atoms with Gasteiger partial charge in [0.15, 0.2) is 5.60 Å². The van der Waals surface area contributed by atoms with Crippen LogP contribution in [0.15, 0.2) is 0 Å². The van der Waals surface area contributed by atoms with Gasteiger partial charge in [-0.1, -0.05) is 0 Å². The molecule has 0 aromatic heterocycles. The topological polar surface area (TPSA) is 47.6 Å². The van der Waals surface area contributed by atoms with Gasteiger partial charge in [-0.25, -0.2) is 4.79 Å². The fraction of sp³-hybridized carbons (Fsp3) is 0.800. The van der Waals surface area contributed by atoms with Gasteiger partial charge < -0.3 is 14.8 Å². The third kappa shape index (κ3) is 0.595. The van der Waals surface area contributed by atoms with E-state index in [0.717, 1.165) is 0 Å². The van der Waals surface area contributed by atoms with Crippen molar-refractivity contribution in [3.63, 3.8) is 0 Å². The highest BCUT2D eigenvalue weighted by Gasteiger charge is 2.47. The molecule has 1 spiro atoms. The summed E-state index contributed by atoms with van der Waals surface area (Å²) in [6, 6.07) is 0. The molecule has 2 aliphatic rings. The highest BCUT2D eigenvalue weighted by atomic mass is 16.6. The third-order valence-corrected chi connectivity index (χ3v) is 1.59. The summed E-state index contributed by atoms with van der Waals surface area (Å²) in [6.07, 6.45) is -0.321. The van der Waals surface area contributed by atoms with Crippen LogP contribution in [-0.4, -0.2) is 31.5 Å². The molecule has 0 radical (unpaired) electrons. The molecule has 2 fully saturated rings. The van der Waals surface area contributed by atoms with Gasteiger partial charge in [0, 0.05) is 0 Å². The van der Waals surface area contributed by atoms with E-state index >= 15 is 0 Å². The van der Waals surface area contributed by atoms with Gasteiger partial charge in [-0.2, -0.15) is 0 Å². The standard InChI is InChI=1S/C5H7NO3/c7-4-6-1-5(9-4)2-8-3-5/h1-3H2,(H,6,7). The highest BCUT2D eigenvalue weighted by Crippen LogP contribution is 2.24. The molecule has 9 heavy (non-hydrogen) atoms. The van der Waals surface area contributed by atoms with E-state index in [1.807, 2.05) is 0 Å². The zero-order valence-corrected chi connectivity index (χ0v) is 4.85. The van der Waals surface area contributed by atoms with Crippen LogP contribution >= 0.6 is 0 Å². The number of ether oxygens (including phenoxy) is 2. The SMILES string of the molecule is O=C1NCC2(COC2)O1. The Labute approximate surface area is 52.1 Å². The van der Waals surface area contributed by atoms with Crippen molar-refractivity contribution in [2.45, 2.75) is 5.60 Å². The molecule has 1 amide bonds. The van der Waals surface area contributed by atoms with Crippen LogP contribution < -0.4 is 5.32 Å². The number of carbonyl (C=O) groups is 1. The van der Waals surface area contributed by atoms with Crippen LogP contribution in [0.5, 0.6) is 0 Å². The maximum Gasteiger partial charge on any atom is 0.408 e. The summed E-state index contributed by atoms with van der Waals surface area (Å²) in [5, 5.41) is 2.57. The first kappa shape index (κ1) is 5.05. The van der Waals surface area contributed by atoms with E-state index in [0.29, 0.717) is 19.8 Å². The molecule has 0 saturated carbocycles. The Kier molecular flexibility index (Phi) is 0.778. The van der Waals surface area contributed by atoms with Crippen molar-refractivity contribution in [1.29, 1.82) is 0 Å². The average Bonchev–Trinajstić information content (AvgIpc) is 2.09. The largest absolute Gasteiger partial charge is 0.436 e. The molecule has 0 atom stereocenters. The molecule has 0 unspecified atom stereocenters. The van der Waals surface area contributed by atoms with Crippen LogP contribution in [0.2, 0.25) is 0 Å². The van der Waals surface area contributed by atoms with Crippen LogP contribution in [0, 0.1) is 0 Å². The van der Waals surface area contributed by atoms with Gasteiger partial charge in [0.1, 0.15) is 0 Å². The monoisotopic (exact) mass is 129 g/mol. The van der Waals surface area contributed by atoms with Crippen LogP contribution in [0.1, 0.15) is 0 Å². The van der Waals surface area contributed by atoms with Gasteiger partial charge in [0.05, 0.1) is 19.8 Å². The molecule has 1 N–H and O–H groups in total. The van der Waals surface area contributed by atoms with Crippen molar-refractivity contribution >= 4 is 6.09 Å². The number of hydrogen-bond donors (Lipinski definition) is 1. The van der Waals surface area contributed by atoms with Crippen LogP contribution in [0.3, 0.4) is 0 Å². The molecule has 4 nitrogen and oxygen atoms in total. The van der Waals surface area contributed by atoms with Gasteiger partial charge >= 0.3 is 6.09 Å². The molecule has 0 aliphatic carbocycles. The summed E-state index contributed by atoms with van der Waals surface area (Å²) in [4.78, 5) is 10.5. The lowest BCUT2D eigenvalue weighted by atomic mass is 10.0. The Hall–Kier alpha value is -0.770. The molecule has 0 bridgehead atoms. The Morgan fingerprint density at radius 1 is 1.56 bits per heavy atom. The van der Waals surface area contributed by atoms with Crippen LogP contribution in [0.4, 0.5) is 4.79 Å². The first-order chi connectivity index (χ1) is 4.31. The molecule has 2 saturated heterocycles. The van der Waals surface area contributed by atoms with Crippen LogP contribution in [0.25, 0.3) is 0 Å². The fourth-order valence-electron chi connectivity index (χ4n) is 0.993. The molecule has 2 rings (SSSR count). The van der Waals surface area contributed by atoms with Crippen molar-refractivity contribution in [2.24, 2.45) is 0 Å². The molecule has 50 valence electrons. The van der Waals surface area contributed by atoms with E-state index < -0.39 is 0 Å². The van der Waals surface area contributed by atoms with Crippen molar-refractivity contribution < 1.29 is 14.3 Å². The van der Waals surface area contributed by atoms with Crippen molar-refractivity contribution in [1.82, 2.24) is 5.32 Å². The van der Waals surface area contributed by atoms with Gasteiger partial charge in [0.2, 0.25) is 0 Å². The smallest absolute Gasteiger partial charge is 0.408 e. The zero-order chi connectivity index (χ0) is 6.32. The summed E-state index contributed by atoms with van der Waals surface area (Å²) >= 11 is 0. The van der Waals surface area contributed by atoms with Crippen molar-refractivity contribution in [3.05, 3.63) is 0 Å². The summed E-state index contributed by atoms with van der Waals surface area (Å²) in [7, 11) is 0. The number of nitrogens with one attached hydrogen (secondary N) is 1. The van der Waals surface area contributed by atoms with Gasteiger partial charge in [-0.3, -0.25) is 0 Å². The molecule has 2 aliphatic heterocycles. The predicted octanol–water partition coefficient (Wildman–Crippen LogP) is -0.505. The Morgan fingerprint density at radius 3 is 2.56 bits per heavy atom. The summed E-state index contributed by atoms with van der Waals surface area (Å²) in [5.41, 5.74) is -0.295. The Bertz CT molecular complexity index is 152. The zero-order valence-electron chi connectivity index (χ0n) is 4.85. The average molecular weight is 129 g/mol. The fourth-order valence-corrected chi connectivity index (χ4v) is 0.993. The highest BCUT2D eigenvalue weighted by molar-refractivity contribution is 5.70. The van der Waals surface area contributed by atoms with E-state index in [2.05, 4.69) is 5.32 Å². The molecular formula is C5H7NO3. The second kappa shape index (κ2) is 1.39. The number of hydrogen-bond acceptors (Lipinski definition) is 3. The van der Waals surface area contributed by atoms with Crippen LogP contribution in [-0.2, 0) is 9.47 Å². The predicted molar refractivity (Wildman–Crippen MR) is 28.0 cm³/mol. The number of rotatable bonds is 0. The molecule has 0 aromatic carbocycles. The second-order valence-corrected chi connectivity index (χ2v) is 2.42. The maximum absolute atomic E-state index is 10.5. The maximum atomic E-state index is 10.5. The minimum absolute atomic E-state index is 0.295. The minimum Gasteiger partial charge on any atom is -0.436 e. The van der Waals surface area contributed by atoms with E-state index in [1.165, 1.54) is 0 Å². The molecular weight excluding hydrogens is 122 g/mol. The van der Waals surface area contributed by atoms with Crippen molar-refractivity contribution in [3.8, 4) is 0 Å². The number of amides is 1. The summed E-state index contributed by atoms with van der Waals surface area (Å²) in [6.45, 7) is 1.70. The van der Waals surface area contributed by atoms with Gasteiger partial charge in [-0.15, -0.1) is 0 Å². The first-order valence-electron chi connectivity index (χ1n) is 2.85. The molecule has 0 aromatic rings. The normalized spacial score (nSPS) is 29.1. The Balaban J connectivity index is 2.07. The van der Waals surface area contributed by atoms with Crippen molar-refractivity contribution in [2.75, 3.05) is 19.8 Å². The quantitative estimate of drug-likeness (QED) is 0.479. The number of alkyl carbamates (subject to hydrolysis) is 1. The van der Waals surface area contributed by atoms with E-state index in [1.54, 1.807) is 0 Å². The first-order valence-corrected chi connectivity index (χ1v) is 2.85.